The Kier molecular flexibility index (Phi) is 4.69. The summed E-state index contributed by atoms with van der Waals surface area (Å²) in [5, 5.41) is 4.96. The van der Waals surface area contributed by atoms with Crippen LogP contribution in [0.3, 0.4) is 0 Å². The number of benzene rings is 1. The van der Waals surface area contributed by atoms with E-state index in [4.69, 9.17) is 0 Å². The molecule has 1 saturated heterocycles. The molecular formula is C14H15F2N3O3. The molecule has 2 N–H and O–H groups in total. The number of rotatable bonds is 5. The fourth-order valence-electron chi connectivity index (χ4n) is 2.18. The Bertz CT molecular complexity index is 621. The monoisotopic (exact) mass is 311 g/mol. The van der Waals surface area contributed by atoms with Crippen molar-refractivity contribution in [2.24, 2.45) is 0 Å². The Labute approximate surface area is 125 Å². The van der Waals surface area contributed by atoms with E-state index in [9.17, 15) is 23.2 Å². The van der Waals surface area contributed by atoms with Gasteiger partial charge in [-0.05, 0) is 25.5 Å². The highest BCUT2D eigenvalue weighted by Gasteiger charge is 2.40. The van der Waals surface area contributed by atoms with Crippen molar-refractivity contribution in [2.75, 3.05) is 11.4 Å². The Hall–Kier alpha value is -2.51. The maximum absolute atomic E-state index is 13.7. The number of anilines is 1. The minimum absolute atomic E-state index is 0.0598. The highest BCUT2D eigenvalue weighted by molar-refractivity contribution is 6.21. The Morgan fingerprint density at radius 3 is 2.73 bits per heavy atom. The summed E-state index contributed by atoms with van der Waals surface area (Å²) < 4.78 is 26.6. The second-order valence-corrected chi connectivity index (χ2v) is 4.76. The fourth-order valence-corrected chi connectivity index (χ4v) is 2.18. The van der Waals surface area contributed by atoms with Crippen LogP contribution in [0.25, 0.3) is 0 Å². The average molecular weight is 311 g/mol. The van der Waals surface area contributed by atoms with Crippen molar-refractivity contribution in [1.29, 1.82) is 0 Å². The topological polar surface area (TPSA) is 78.5 Å². The molecule has 0 aromatic heterocycles. The summed E-state index contributed by atoms with van der Waals surface area (Å²) in [6.07, 6.45) is 0.167. The molecule has 1 aromatic carbocycles. The summed E-state index contributed by atoms with van der Waals surface area (Å²) in [4.78, 5) is 36.0. The summed E-state index contributed by atoms with van der Waals surface area (Å²) in [5.41, 5.74) is -0.315. The second-order valence-electron chi connectivity index (χ2n) is 4.76. The standard InChI is InChI=1S/C14H15F2N3O3/c1-2-17-12(20)6-4-10-13(21)19(14(22)18-10)11-5-3-8(15)7-9(11)16/h3,5,7,10H,2,4,6H2,1H3,(H,17,20)(H,18,22)/t10-/m1/s1. The van der Waals surface area contributed by atoms with Crippen LogP contribution in [0.2, 0.25) is 0 Å². The number of amides is 4. The Morgan fingerprint density at radius 1 is 1.36 bits per heavy atom. The lowest BCUT2D eigenvalue weighted by molar-refractivity contribution is -0.121. The molecule has 1 aliphatic rings. The van der Waals surface area contributed by atoms with Crippen molar-refractivity contribution >= 4 is 23.5 Å². The molecule has 8 heteroatoms. The zero-order chi connectivity index (χ0) is 16.3. The number of halogens is 2. The summed E-state index contributed by atoms with van der Waals surface area (Å²) in [6.45, 7) is 2.23. The lowest BCUT2D eigenvalue weighted by Gasteiger charge is -2.13. The lowest BCUT2D eigenvalue weighted by Crippen LogP contribution is -2.33. The van der Waals surface area contributed by atoms with Crippen LogP contribution in [0, 0.1) is 11.6 Å². The number of carbonyl (C=O) groups excluding carboxylic acids is 3. The van der Waals surface area contributed by atoms with E-state index in [1.807, 2.05) is 0 Å². The number of carbonyl (C=O) groups is 3. The zero-order valence-electron chi connectivity index (χ0n) is 11.9. The van der Waals surface area contributed by atoms with Gasteiger partial charge in [0.15, 0.2) is 0 Å². The molecule has 0 bridgehead atoms. The van der Waals surface area contributed by atoms with Crippen molar-refractivity contribution in [2.45, 2.75) is 25.8 Å². The molecule has 0 unspecified atom stereocenters. The zero-order valence-corrected chi connectivity index (χ0v) is 11.9. The van der Waals surface area contributed by atoms with Gasteiger partial charge in [-0.1, -0.05) is 0 Å². The third kappa shape index (κ3) is 3.21. The smallest absolute Gasteiger partial charge is 0.329 e. The summed E-state index contributed by atoms with van der Waals surface area (Å²) in [6, 6.07) is 0.878. The van der Waals surface area contributed by atoms with Crippen LogP contribution in [-0.2, 0) is 9.59 Å². The maximum atomic E-state index is 13.7. The molecule has 1 heterocycles. The normalized spacial score (nSPS) is 17.6. The lowest BCUT2D eigenvalue weighted by atomic mass is 10.1. The molecule has 6 nitrogen and oxygen atoms in total. The van der Waals surface area contributed by atoms with E-state index in [0.29, 0.717) is 17.5 Å². The van der Waals surface area contributed by atoms with Crippen LogP contribution in [0.15, 0.2) is 18.2 Å². The number of hydrogen-bond acceptors (Lipinski definition) is 3. The van der Waals surface area contributed by atoms with Gasteiger partial charge < -0.3 is 10.6 Å². The minimum Gasteiger partial charge on any atom is -0.356 e. The summed E-state index contributed by atoms with van der Waals surface area (Å²) >= 11 is 0. The predicted molar refractivity (Wildman–Crippen MR) is 74.1 cm³/mol. The van der Waals surface area contributed by atoms with E-state index < -0.39 is 29.6 Å². The Morgan fingerprint density at radius 2 is 2.09 bits per heavy atom. The van der Waals surface area contributed by atoms with E-state index in [1.165, 1.54) is 0 Å². The minimum atomic E-state index is -1.01. The number of urea groups is 1. The molecule has 22 heavy (non-hydrogen) atoms. The molecule has 118 valence electrons. The molecule has 1 fully saturated rings. The average Bonchev–Trinajstić information content (AvgIpc) is 2.72. The molecule has 0 spiro atoms. The Balaban J connectivity index is 2.10. The van der Waals surface area contributed by atoms with Gasteiger partial charge in [-0.15, -0.1) is 0 Å². The van der Waals surface area contributed by atoms with Crippen LogP contribution >= 0.6 is 0 Å². The molecular weight excluding hydrogens is 296 g/mol. The maximum Gasteiger partial charge on any atom is 0.329 e. The van der Waals surface area contributed by atoms with Gasteiger partial charge >= 0.3 is 6.03 Å². The number of imide groups is 1. The molecule has 4 amide bonds. The van der Waals surface area contributed by atoms with Crippen LogP contribution < -0.4 is 15.5 Å². The van der Waals surface area contributed by atoms with Gasteiger partial charge in [0.05, 0.1) is 5.69 Å². The fraction of sp³-hybridized carbons (Fsp3) is 0.357. The van der Waals surface area contributed by atoms with Gasteiger partial charge in [-0.2, -0.15) is 0 Å². The number of nitrogens with zero attached hydrogens (tertiary/aromatic N) is 1. The molecule has 0 radical (unpaired) electrons. The van der Waals surface area contributed by atoms with Crippen molar-refractivity contribution in [1.82, 2.24) is 10.6 Å². The first kappa shape index (κ1) is 15.9. The second kappa shape index (κ2) is 6.50. The molecule has 2 rings (SSSR count). The number of hydrogen-bond donors (Lipinski definition) is 2. The highest BCUT2D eigenvalue weighted by Crippen LogP contribution is 2.24. The largest absolute Gasteiger partial charge is 0.356 e. The van der Waals surface area contributed by atoms with Gasteiger partial charge in [0.2, 0.25) is 5.91 Å². The van der Waals surface area contributed by atoms with E-state index in [0.717, 1.165) is 12.1 Å². The van der Waals surface area contributed by atoms with Crippen molar-refractivity contribution in [3.63, 3.8) is 0 Å². The van der Waals surface area contributed by atoms with Crippen molar-refractivity contribution in [3.05, 3.63) is 29.8 Å². The van der Waals surface area contributed by atoms with E-state index >= 15 is 0 Å². The van der Waals surface area contributed by atoms with E-state index in [-0.39, 0.29) is 24.4 Å². The first-order valence-corrected chi connectivity index (χ1v) is 6.80. The third-order valence-corrected chi connectivity index (χ3v) is 3.20. The van der Waals surface area contributed by atoms with Gasteiger partial charge in [0.1, 0.15) is 17.7 Å². The van der Waals surface area contributed by atoms with Gasteiger partial charge in [-0.3, -0.25) is 9.59 Å². The molecule has 1 aliphatic heterocycles. The summed E-state index contributed by atoms with van der Waals surface area (Å²) in [5.74, 6) is -2.72. The van der Waals surface area contributed by atoms with Crippen LogP contribution in [-0.4, -0.2) is 30.4 Å². The third-order valence-electron chi connectivity index (χ3n) is 3.20. The predicted octanol–water partition coefficient (Wildman–Crippen LogP) is 1.31. The van der Waals surface area contributed by atoms with Crippen LogP contribution in [0.1, 0.15) is 19.8 Å². The quantitative estimate of drug-likeness (QED) is 0.805. The van der Waals surface area contributed by atoms with Crippen LogP contribution in [0.4, 0.5) is 19.3 Å². The van der Waals surface area contributed by atoms with Crippen molar-refractivity contribution < 1.29 is 23.2 Å². The van der Waals surface area contributed by atoms with Gasteiger partial charge in [0.25, 0.3) is 5.91 Å². The van der Waals surface area contributed by atoms with Gasteiger partial charge in [-0.25, -0.2) is 18.5 Å². The number of nitrogens with one attached hydrogen (secondary N) is 2. The summed E-state index contributed by atoms with van der Waals surface area (Å²) in [7, 11) is 0. The highest BCUT2D eigenvalue weighted by atomic mass is 19.1. The first-order chi connectivity index (χ1) is 10.4. The van der Waals surface area contributed by atoms with E-state index in [1.54, 1.807) is 6.92 Å². The van der Waals surface area contributed by atoms with Gasteiger partial charge in [0, 0.05) is 19.0 Å². The van der Waals surface area contributed by atoms with E-state index in [2.05, 4.69) is 10.6 Å². The van der Waals surface area contributed by atoms with Crippen LogP contribution in [0.5, 0.6) is 0 Å². The molecule has 0 aliphatic carbocycles. The molecule has 1 atom stereocenters. The first-order valence-electron chi connectivity index (χ1n) is 6.80. The molecule has 1 aromatic rings. The SMILES string of the molecule is CCNC(=O)CC[C@H]1NC(=O)N(c2ccc(F)cc2F)C1=O. The van der Waals surface area contributed by atoms with Crippen molar-refractivity contribution in [3.8, 4) is 0 Å². The molecule has 0 saturated carbocycles.